The number of carboxylic acids is 1. The van der Waals surface area contributed by atoms with Crippen LogP contribution in [0.4, 0.5) is 57.1 Å². The van der Waals surface area contributed by atoms with Crippen molar-refractivity contribution in [2.24, 2.45) is 0 Å². The van der Waals surface area contributed by atoms with Gasteiger partial charge in [0, 0.05) is 13.0 Å². The molecular formula is C14H18F13N2O4S+. The predicted molar refractivity (Wildman–Crippen MR) is 86.4 cm³/mol. The molecule has 0 aromatic heterocycles. The highest BCUT2D eigenvalue weighted by Gasteiger charge is 2.92. The minimum absolute atomic E-state index is 0.0513. The van der Waals surface area contributed by atoms with Crippen molar-refractivity contribution in [1.29, 1.82) is 0 Å². The van der Waals surface area contributed by atoms with E-state index in [1.807, 2.05) is 0 Å². The van der Waals surface area contributed by atoms with Crippen LogP contribution in [-0.4, -0.2) is 104 Å². The number of alkyl halides is 13. The Morgan fingerprint density at radius 1 is 0.765 bits per heavy atom. The number of halogens is 13. The summed E-state index contributed by atoms with van der Waals surface area (Å²) in [5.41, 5.74) is 0. The fourth-order valence-corrected chi connectivity index (χ4v) is 3.66. The molecule has 0 saturated heterocycles. The van der Waals surface area contributed by atoms with E-state index < -0.39 is 74.9 Å². The zero-order chi connectivity index (χ0) is 28.0. The summed E-state index contributed by atoms with van der Waals surface area (Å²) in [4.78, 5) is 10.8. The van der Waals surface area contributed by atoms with Gasteiger partial charge in [-0.25, -0.2) is 8.42 Å². The summed E-state index contributed by atoms with van der Waals surface area (Å²) < 4.78 is 195. The molecule has 0 atom stereocenters. The highest BCUT2D eigenvalue weighted by Crippen LogP contribution is 2.61. The van der Waals surface area contributed by atoms with Crippen LogP contribution in [0.25, 0.3) is 0 Å². The molecule has 0 heterocycles. The summed E-state index contributed by atoms with van der Waals surface area (Å²) >= 11 is 0. The van der Waals surface area contributed by atoms with Crippen molar-refractivity contribution in [3.05, 3.63) is 0 Å². The summed E-state index contributed by atoms with van der Waals surface area (Å²) in [6.07, 6.45) is -8.24. The van der Waals surface area contributed by atoms with Crippen LogP contribution in [0.1, 0.15) is 6.42 Å². The van der Waals surface area contributed by atoms with Gasteiger partial charge in [-0.15, -0.1) is 0 Å². The maximum absolute atomic E-state index is 14.1. The van der Waals surface area contributed by atoms with Gasteiger partial charge in [-0.2, -0.15) is 61.4 Å². The van der Waals surface area contributed by atoms with Crippen molar-refractivity contribution in [2.45, 2.75) is 41.5 Å². The van der Waals surface area contributed by atoms with E-state index in [-0.39, 0.29) is 11.0 Å². The third-order valence-corrected chi connectivity index (χ3v) is 6.01. The molecule has 6 nitrogen and oxygen atoms in total. The molecule has 0 saturated carbocycles. The van der Waals surface area contributed by atoms with E-state index in [0.29, 0.717) is 0 Å². The monoisotopic (exact) mass is 557 g/mol. The van der Waals surface area contributed by atoms with Gasteiger partial charge in [0.15, 0.2) is 0 Å². The van der Waals surface area contributed by atoms with Gasteiger partial charge in [0.05, 0.1) is 27.7 Å². The molecular weight excluding hydrogens is 539 g/mol. The molecule has 0 aromatic rings. The predicted octanol–water partition coefficient (Wildman–Crippen LogP) is 3.50. The first-order valence-corrected chi connectivity index (χ1v) is 9.94. The van der Waals surface area contributed by atoms with Crippen molar-refractivity contribution in [1.82, 2.24) is 4.31 Å². The molecule has 0 radical (unpaired) electrons. The average molecular weight is 557 g/mol. The maximum Gasteiger partial charge on any atom is 0.460 e. The van der Waals surface area contributed by atoms with E-state index in [9.17, 15) is 70.3 Å². The molecule has 204 valence electrons. The van der Waals surface area contributed by atoms with Gasteiger partial charge in [0.2, 0.25) is 0 Å². The van der Waals surface area contributed by atoms with Gasteiger partial charge in [-0.1, -0.05) is 0 Å². The van der Waals surface area contributed by atoms with Crippen molar-refractivity contribution in [3.63, 3.8) is 0 Å². The number of hydrogen-bond acceptors (Lipinski definition) is 3. The fraction of sp³-hybridized carbons (Fsp3) is 0.929. The summed E-state index contributed by atoms with van der Waals surface area (Å²) in [5, 5.41) is 1.15. The Labute approximate surface area is 183 Å². The summed E-state index contributed by atoms with van der Waals surface area (Å²) in [6, 6.07) is 0. The Bertz CT molecular complexity index is 851. The van der Waals surface area contributed by atoms with Crippen LogP contribution in [0.5, 0.6) is 0 Å². The van der Waals surface area contributed by atoms with Gasteiger partial charge in [-0.3, -0.25) is 4.79 Å². The lowest BCUT2D eigenvalue weighted by atomic mass is 9.98. The second-order valence-electron chi connectivity index (χ2n) is 7.91. The number of nitrogens with zero attached hydrogens (tertiary/aromatic N) is 2. The first kappa shape index (κ1) is 32.4. The third-order valence-electron chi connectivity index (χ3n) is 4.12. The first-order chi connectivity index (χ1) is 14.5. The van der Waals surface area contributed by atoms with Crippen molar-refractivity contribution in [2.75, 3.05) is 40.8 Å². The Kier molecular flexibility index (Phi) is 8.72. The van der Waals surface area contributed by atoms with Crippen molar-refractivity contribution < 1.29 is 79.9 Å². The van der Waals surface area contributed by atoms with E-state index in [1.165, 1.54) is 21.1 Å². The zero-order valence-electron chi connectivity index (χ0n) is 17.2. The molecule has 34 heavy (non-hydrogen) atoms. The molecule has 0 bridgehead atoms. The Hall–Kier alpha value is -1.57. The Morgan fingerprint density at radius 3 is 1.47 bits per heavy atom. The van der Waals surface area contributed by atoms with Crippen LogP contribution in [0.3, 0.4) is 0 Å². The molecule has 0 aliphatic rings. The lowest BCUT2D eigenvalue weighted by molar-refractivity contribution is -0.870. The number of aliphatic carboxylic acids is 1. The molecule has 20 heteroatoms. The molecule has 0 rings (SSSR count). The SMILES string of the molecule is C[N+](C)(C)CCCN(CC(=O)O)S(=O)(=O)C(F)(F)C(F)(F)C(F)(F)C(F)(F)C(F)(F)C(F)(F)F. The van der Waals surface area contributed by atoms with E-state index in [1.54, 1.807) is 0 Å². The zero-order valence-corrected chi connectivity index (χ0v) is 18.0. The van der Waals surface area contributed by atoms with Crippen LogP contribution in [0, 0.1) is 0 Å². The van der Waals surface area contributed by atoms with E-state index in [0.717, 1.165) is 0 Å². The highest BCUT2D eigenvalue weighted by atomic mass is 32.2. The van der Waals surface area contributed by atoms with Crippen LogP contribution >= 0.6 is 0 Å². The number of hydrogen-bond donors (Lipinski definition) is 1. The van der Waals surface area contributed by atoms with Gasteiger partial charge in [0.25, 0.3) is 10.0 Å². The number of carbonyl (C=O) groups is 1. The van der Waals surface area contributed by atoms with Crippen LogP contribution in [-0.2, 0) is 14.8 Å². The minimum atomic E-state index is -8.31. The molecule has 0 spiro atoms. The second kappa shape index (κ2) is 9.14. The highest BCUT2D eigenvalue weighted by molar-refractivity contribution is 7.90. The van der Waals surface area contributed by atoms with Crippen LogP contribution in [0.15, 0.2) is 0 Å². The molecule has 0 fully saturated rings. The maximum atomic E-state index is 14.1. The smallest absolute Gasteiger partial charge is 0.460 e. The second-order valence-corrected chi connectivity index (χ2v) is 9.89. The largest absolute Gasteiger partial charge is 0.480 e. The molecule has 1 N–H and O–H groups in total. The van der Waals surface area contributed by atoms with Gasteiger partial charge in [-0.05, 0) is 0 Å². The molecule has 0 aromatic carbocycles. The Balaban J connectivity index is 6.62. The molecule has 0 aliphatic heterocycles. The minimum Gasteiger partial charge on any atom is -0.480 e. The molecule has 0 amide bonds. The number of quaternary nitrogens is 1. The van der Waals surface area contributed by atoms with E-state index in [4.69, 9.17) is 5.11 Å². The first-order valence-electron chi connectivity index (χ1n) is 8.50. The standard InChI is InChI=1S/C14H17F13N2O4S/c1-29(2,3)6-4-5-28(7-8(30)31)34(32,33)14(26,27)12(21,22)10(17,18)9(15,16)11(19,20)13(23,24)25/h4-7H2,1-3H3/p+1. The number of sulfonamides is 1. The van der Waals surface area contributed by atoms with Crippen LogP contribution < -0.4 is 0 Å². The normalized spacial score (nSPS) is 15.7. The summed E-state index contributed by atoms with van der Waals surface area (Å²) in [5.74, 6) is -35.0. The van der Waals surface area contributed by atoms with E-state index in [2.05, 4.69) is 0 Å². The lowest BCUT2D eigenvalue weighted by Gasteiger charge is -2.40. The molecule has 0 unspecified atom stereocenters. The van der Waals surface area contributed by atoms with Crippen molar-refractivity contribution in [3.8, 4) is 0 Å². The summed E-state index contributed by atoms with van der Waals surface area (Å²) in [6.45, 7) is -3.64. The van der Waals surface area contributed by atoms with Gasteiger partial charge < -0.3 is 9.59 Å². The Morgan fingerprint density at radius 2 is 1.15 bits per heavy atom. The fourth-order valence-electron chi connectivity index (χ4n) is 2.24. The lowest BCUT2D eigenvalue weighted by Crippen LogP contribution is -2.72. The number of carboxylic acid groups (broad SMARTS) is 1. The average Bonchev–Trinajstić information content (AvgIpc) is 2.57. The molecule has 0 aliphatic carbocycles. The van der Waals surface area contributed by atoms with Gasteiger partial charge >= 0.3 is 41.1 Å². The quantitative estimate of drug-likeness (QED) is 0.295. The van der Waals surface area contributed by atoms with E-state index >= 15 is 0 Å². The van der Waals surface area contributed by atoms with Gasteiger partial charge in [0.1, 0.15) is 6.54 Å². The topological polar surface area (TPSA) is 74.7 Å². The summed E-state index contributed by atoms with van der Waals surface area (Å²) in [7, 11) is -3.07. The third kappa shape index (κ3) is 5.47. The van der Waals surface area contributed by atoms with Crippen molar-refractivity contribution >= 4 is 16.0 Å². The number of rotatable bonds is 12. The van der Waals surface area contributed by atoms with Crippen LogP contribution in [0.2, 0.25) is 0 Å².